The highest BCUT2D eigenvalue weighted by atomic mass is 31.2. The van der Waals surface area contributed by atoms with Crippen LogP contribution in [0.5, 0.6) is 0 Å². The molecule has 0 N–H and O–H groups in total. The highest BCUT2D eigenvalue weighted by Crippen LogP contribution is 2.75. The molecule has 1 rings (SSSR count). The Kier molecular flexibility index (Phi) is 5.29. The number of carbonyl (C=O) groups excluding carboxylic acids is 1. The predicted molar refractivity (Wildman–Crippen MR) is 77.8 cm³/mol. The first-order valence-electron chi connectivity index (χ1n) is 7.19. The summed E-state index contributed by atoms with van der Waals surface area (Å²) >= 11 is 0. The summed E-state index contributed by atoms with van der Waals surface area (Å²) in [6.07, 6.45) is -1.14. The number of alkyl halides is 1. The molecule has 7 heteroatoms. The van der Waals surface area contributed by atoms with Crippen molar-refractivity contribution in [1.82, 2.24) is 0 Å². The van der Waals surface area contributed by atoms with Crippen LogP contribution >= 0.6 is 7.60 Å². The molecule has 2 atom stereocenters. The minimum atomic E-state index is -4.05. The van der Waals surface area contributed by atoms with Gasteiger partial charge in [0.05, 0.1) is 12.2 Å². The van der Waals surface area contributed by atoms with Gasteiger partial charge in [-0.25, -0.2) is 4.39 Å². The van der Waals surface area contributed by atoms with Gasteiger partial charge in [0.15, 0.2) is 0 Å². The standard InChI is InChI=1S/C14H26FO5P/c1-9(2)19-21(17,20-10(3)4)14(15)8-11(14)12(16)18-13(5,6)7/h9-11H,8H2,1-7H3/t11-,14+/m0/s1. The lowest BCUT2D eigenvalue weighted by Crippen LogP contribution is -2.28. The minimum Gasteiger partial charge on any atom is -0.460 e. The zero-order valence-corrected chi connectivity index (χ0v) is 14.7. The van der Waals surface area contributed by atoms with Crippen LogP contribution in [0.4, 0.5) is 4.39 Å². The molecule has 1 aliphatic rings. The van der Waals surface area contributed by atoms with Crippen molar-refractivity contribution in [2.45, 2.75) is 78.1 Å². The van der Waals surface area contributed by atoms with Crippen LogP contribution in [-0.2, 0) is 23.1 Å². The molecule has 0 aromatic rings. The highest BCUT2D eigenvalue weighted by Gasteiger charge is 2.74. The zero-order valence-electron chi connectivity index (χ0n) is 13.8. The normalized spacial score (nSPS) is 26.3. The highest BCUT2D eigenvalue weighted by molar-refractivity contribution is 7.56. The van der Waals surface area contributed by atoms with Crippen molar-refractivity contribution < 1.29 is 27.5 Å². The van der Waals surface area contributed by atoms with E-state index in [2.05, 4.69) is 0 Å². The van der Waals surface area contributed by atoms with Gasteiger partial charge in [-0.3, -0.25) is 9.36 Å². The first kappa shape index (κ1) is 18.6. The summed E-state index contributed by atoms with van der Waals surface area (Å²) < 4.78 is 43.3. The second-order valence-corrected chi connectivity index (χ2v) is 9.07. The van der Waals surface area contributed by atoms with E-state index in [0.29, 0.717) is 0 Å². The predicted octanol–water partition coefficient (Wildman–Crippen LogP) is 4.06. The van der Waals surface area contributed by atoms with Gasteiger partial charge in [-0.05, 0) is 48.5 Å². The Hall–Kier alpha value is -0.450. The third kappa shape index (κ3) is 4.51. The van der Waals surface area contributed by atoms with Crippen LogP contribution in [0.2, 0.25) is 0 Å². The molecule has 0 bridgehead atoms. The van der Waals surface area contributed by atoms with Gasteiger partial charge >= 0.3 is 13.6 Å². The molecule has 0 aliphatic heterocycles. The summed E-state index contributed by atoms with van der Waals surface area (Å²) in [5.41, 5.74) is -0.720. The number of halogens is 1. The topological polar surface area (TPSA) is 61.8 Å². The van der Waals surface area contributed by atoms with Gasteiger partial charge < -0.3 is 13.8 Å². The molecule has 0 saturated heterocycles. The number of esters is 1. The number of ether oxygens (including phenoxy) is 1. The van der Waals surface area contributed by atoms with Crippen molar-refractivity contribution in [2.24, 2.45) is 5.92 Å². The quantitative estimate of drug-likeness (QED) is 0.545. The number of rotatable bonds is 6. The zero-order chi connectivity index (χ0) is 16.6. The smallest absolute Gasteiger partial charge is 0.368 e. The first-order chi connectivity index (χ1) is 9.31. The fraction of sp³-hybridized carbons (Fsp3) is 0.929. The average Bonchev–Trinajstić information content (AvgIpc) is 2.87. The van der Waals surface area contributed by atoms with Gasteiger partial charge in [0.25, 0.3) is 0 Å². The van der Waals surface area contributed by atoms with Gasteiger partial charge in [0.1, 0.15) is 11.5 Å². The van der Waals surface area contributed by atoms with Crippen LogP contribution in [0, 0.1) is 5.92 Å². The molecule has 1 fully saturated rings. The van der Waals surface area contributed by atoms with Crippen molar-refractivity contribution in [2.75, 3.05) is 0 Å². The monoisotopic (exact) mass is 324 g/mol. The first-order valence-corrected chi connectivity index (χ1v) is 8.74. The van der Waals surface area contributed by atoms with Crippen molar-refractivity contribution in [1.29, 1.82) is 0 Å². The molecule has 5 nitrogen and oxygen atoms in total. The Morgan fingerprint density at radius 2 is 1.62 bits per heavy atom. The molecule has 1 aliphatic carbocycles. The molecule has 0 heterocycles. The summed E-state index contributed by atoms with van der Waals surface area (Å²) in [5, 5.41) is -2.29. The maximum atomic E-state index is 14.9. The molecule has 21 heavy (non-hydrogen) atoms. The van der Waals surface area contributed by atoms with Gasteiger partial charge in [-0.1, -0.05) is 0 Å². The van der Waals surface area contributed by atoms with Crippen LogP contribution in [0.25, 0.3) is 0 Å². The third-order valence-electron chi connectivity index (χ3n) is 2.71. The van der Waals surface area contributed by atoms with E-state index in [1.807, 2.05) is 0 Å². The molecular weight excluding hydrogens is 298 g/mol. The van der Waals surface area contributed by atoms with E-state index in [9.17, 15) is 13.8 Å². The summed E-state index contributed by atoms with van der Waals surface area (Å²) in [5.74, 6) is -1.80. The van der Waals surface area contributed by atoms with Crippen LogP contribution in [0.3, 0.4) is 0 Å². The van der Waals surface area contributed by atoms with Crippen molar-refractivity contribution in [3.63, 3.8) is 0 Å². The summed E-state index contributed by atoms with van der Waals surface area (Å²) in [7, 11) is -4.05. The van der Waals surface area contributed by atoms with Crippen molar-refractivity contribution >= 4 is 13.6 Å². The molecule has 0 aromatic carbocycles. The van der Waals surface area contributed by atoms with E-state index in [-0.39, 0.29) is 6.42 Å². The maximum absolute atomic E-state index is 14.9. The summed E-state index contributed by atoms with van der Waals surface area (Å²) in [6.45, 7) is 11.7. The molecule has 0 unspecified atom stereocenters. The second kappa shape index (κ2) is 5.98. The molecule has 124 valence electrons. The Bertz CT molecular complexity index is 429. The van der Waals surface area contributed by atoms with Crippen molar-refractivity contribution in [3.05, 3.63) is 0 Å². The Balaban J connectivity index is 2.90. The Morgan fingerprint density at radius 1 is 1.19 bits per heavy atom. The van der Waals surface area contributed by atoms with Gasteiger partial charge in [-0.2, -0.15) is 0 Å². The second-order valence-electron chi connectivity index (χ2n) is 6.91. The molecule has 0 radical (unpaired) electrons. The number of hydrogen-bond acceptors (Lipinski definition) is 5. The molecule has 0 amide bonds. The lowest BCUT2D eigenvalue weighted by Gasteiger charge is -2.26. The van der Waals surface area contributed by atoms with Crippen LogP contribution in [0.1, 0.15) is 54.9 Å². The van der Waals surface area contributed by atoms with Gasteiger partial charge in [0.2, 0.25) is 5.41 Å². The fourth-order valence-electron chi connectivity index (χ4n) is 1.92. The average molecular weight is 324 g/mol. The molecule has 0 aromatic heterocycles. The molecule has 1 saturated carbocycles. The fourth-order valence-corrected chi connectivity index (χ4v) is 4.33. The number of carbonyl (C=O) groups is 1. The van der Waals surface area contributed by atoms with E-state index >= 15 is 0 Å². The van der Waals surface area contributed by atoms with Crippen molar-refractivity contribution in [3.8, 4) is 0 Å². The van der Waals surface area contributed by atoms with Gasteiger partial charge in [-0.15, -0.1) is 0 Å². The third-order valence-corrected chi connectivity index (χ3v) is 5.51. The Labute approximate surface area is 126 Å². The van der Waals surface area contributed by atoms with E-state index in [0.717, 1.165) is 0 Å². The Morgan fingerprint density at radius 3 is 1.95 bits per heavy atom. The van der Waals surface area contributed by atoms with Crippen LogP contribution in [-0.4, -0.2) is 29.2 Å². The number of hydrogen-bond donors (Lipinski definition) is 0. The van der Waals surface area contributed by atoms with E-state index in [4.69, 9.17) is 13.8 Å². The lowest BCUT2D eigenvalue weighted by atomic mass is 10.2. The largest absolute Gasteiger partial charge is 0.460 e. The van der Waals surface area contributed by atoms with E-state index < -0.39 is 42.7 Å². The van der Waals surface area contributed by atoms with Crippen LogP contribution in [0.15, 0.2) is 0 Å². The van der Waals surface area contributed by atoms with Gasteiger partial charge in [0, 0.05) is 6.42 Å². The van der Waals surface area contributed by atoms with E-state index in [1.165, 1.54) is 0 Å². The van der Waals surface area contributed by atoms with Crippen LogP contribution < -0.4 is 0 Å². The SMILES string of the molecule is CC(C)OP(=O)(OC(C)C)[C@]1(F)C[C@H]1C(=O)OC(C)(C)C. The summed E-state index contributed by atoms with van der Waals surface area (Å²) in [6, 6.07) is 0. The molecule has 0 spiro atoms. The summed E-state index contributed by atoms with van der Waals surface area (Å²) in [4.78, 5) is 12.0. The lowest BCUT2D eigenvalue weighted by molar-refractivity contribution is -0.157. The molecular formula is C14H26FO5P. The maximum Gasteiger partial charge on any atom is 0.368 e. The van der Waals surface area contributed by atoms with E-state index in [1.54, 1.807) is 48.5 Å². The minimum absolute atomic E-state index is 0.196.